The lowest BCUT2D eigenvalue weighted by atomic mass is 10.1. The number of nitrogens with zero attached hydrogens (tertiary/aromatic N) is 4. The minimum Gasteiger partial charge on any atom is -0.369 e. The van der Waals surface area contributed by atoms with Gasteiger partial charge in [0.2, 0.25) is 9.84 Å². The molecule has 0 N–H and O–H groups in total. The Hall–Kier alpha value is -2.29. The third-order valence-electron chi connectivity index (χ3n) is 5.62. The van der Waals surface area contributed by atoms with E-state index in [1.165, 1.54) is 16.9 Å². The van der Waals surface area contributed by atoms with Gasteiger partial charge in [0.25, 0.3) is 0 Å². The normalized spacial score (nSPS) is 17.3. The molecule has 0 radical (unpaired) electrons. The van der Waals surface area contributed by atoms with Gasteiger partial charge in [0.1, 0.15) is 0 Å². The van der Waals surface area contributed by atoms with Gasteiger partial charge in [0, 0.05) is 38.1 Å². The minimum atomic E-state index is -3.50. The summed E-state index contributed by atoms with van der Waals surface area (Å²) < 4.78 is 25.4. The molecule has 0 amide bonds. The molecule has 0 unspecified atom stereocenters. The van der Waals surface area contributed by atoms with E-state index in [1.807, 2.05) is 13.0 Å². The summed E-state index contributed by atoms with van der Waals surface area (Å²) in [4.78, 5) is 13.1. The number of rotatable bonds is 7. The molecule has 1 aliphatic rings. The summed E-state index contributed by atoms with van der Waals surface area (Å²) in [5, 5.41) is 1.87. The first-order valence-electron chi connectivity index (χ1n) is 9.98. The lowest BCUT2D eigenvalue weighted by Gasteiger charge is -2.28. The maximum Gasteiger partial charge on any atom is 0.201 e. The summed E-state index contributed by atoms with van der Waals surface area (Å²) in [6, 6.07) is 12.6. The molecule has 30 heavy (non-hydrogen) atoms. The maximum absolute atomic E-state index is 12.7. The number of pyridine rings is 1. The van der Waals surface area contributed by atoms with Crippen molar-refractivity contribution in [2.24, 2.45) is 0 Å². The van der Waals surface area contributed by atoms with Gasteiger partial charge in [-0.1, -0.05) is 30.3 Å². The first-order valence-corrected chi connectivity index (χ1v) is 12.6. The summed E-state index contributed by atoms with van der Waals surface area (Å²) in [6.45, 7) is 4.94. The van der Waals surface area contributed by atoms with Gasteiger partial charge in [-0.05, 0) is 30.5 Å². The molecule has 1 aromatic carbocycles. The number of hydrogen-bond donors (Lipinski definition) is 0. The van der Waals surface area contributed by atoms with Crippen molar-refractivity contribution in [3.05, 3.63) is 70.3 Å². The topological polar surface area (TPSA) is 66.4 Å². The Labute approximate surface area is 182 Å². The van der Waals surface area contributed by atoms with Crippen LogP contribution < -0.4 is 4.90 Å². The van der Waals surface area contributed by atoms with E-state index >= 15 is 0 Å². The van der Waals surface area contributed by atoms with Gasteiger partial charge in [-0.25, -0.2) is 18.4 Å². The van der Waals surface area contributed by atoms with Crippen LogP contribution in [-0.4, -0.2) is 49.5 Å². The van der Waals surface area contributed by atoms with Crippen LogP contribution in [0.15, 0.2) is 58.5 Å². The molecule has 0 aliphatic carbocycles. The monoisotopic (exact) mass is 442 g/mol. The molecule has 3 aromatic rings. The van der Waals surface area contributed by atoms with Crippen molar-refractivity contribution in [3.63, 3.8) is 0 Å². The maximum atomic E-state index is 12.7. The Morgan fingerprint density at radius 3 is 2.73 bits per heavy atom. The third-order valence-corrected chi connectivity index (χ3v) is 7.79. The quantitative estimate of drug-likeness (QED) is 0.558. The fourth-order valence-electron chi connectivity index (χ4n) is 3.95. The lowest BCUT2D eigenvalue weighted by molar-refractivity contribution is 0.326. The Morgan fingerprint density at radius 1 is 1.23 bits per heavy atom. The van der Waals surface area contributed by atoms with Gasteiger partial charge in [-0.15, -0.1) is 11.3 Å². The largest absolute Gasteiger partial charge is 0.369 e. The molecule has 2 aromatic heterocycles. The second-order valence-corrected chi connectivity index (χ2v) is 10.5. The molecule has 1 fully saturated rings. The summed E-state index contributed by atoms with van der Waals surface area (Å²) in [5.41, 5.74) is 5.43. The fraction of sp³-hybridized carbons (Fsp3) is 0.364. The zero-order valence-electron chi connectivity index (χ0n) is 17.2. The van der Waals surface area contributed by atoms with Gasteiger partial charge >= 0.3 is 0 Å². The third kappa shape index (κ3) is 4.71. The van der Waals surface area contributed by atoms with Crippen molar-refractivity contribution >= 4 is 26.9 Å². The molecule has 0 bridgehead atoms. The van der Waals surface area contributed by atoms with Crippen LogP contribution in [-0.2, 0) is 22.1 Å². The predicted octanol–water partition coefficient (Wildman–Crippen LogP) is 3.53. The fourth-order valence-corrected chi connectivity index (χ4v) is 5.88. The summed E-state index contributed by atoms with van der Waals surface area (Å²) in [6.07, 6.45) is 2.77. The molecular weight excluding hydrogens is 416 g/mol. The highest BCUT2D eigenvalue weighted by Crippen LogP contribution is 2.27. The molecule has 1 atom stereocenters. The van der Waals surface area contributed by atoms with Crippen LogP contribution in [0.3, 0.4) is 0 Å². The Kier molecular flexibility index (Phi) is 6.17. The van der Waals surface area contributed by atoms with Crippen molar-refractivity contribution in [2.75, 3.05) is 25.0 Å². The highest BCUT2D eigenvalue weighted by Gasteiger charge is 2.27. The molecule has 0 spiro atoms. The zero-order chi connectivity index (χ0) is 21.1. The van der Waals surface area contributed by atoms with Crippen LogP contribution in [0.5, 0.6) is 0 Å². The molecule has 0 saturated carbocycles. The number of benzene rings is 1. The molecular formula is C22H26N4O2S2. The summed E-state index contributed by atoms with van der Waals surface area (Å²) in [5.74, 6) is -0.116. The van der Waals surface area contributed by atoms with E-state index in [9.17, 15) is 8.42 Å². The van der Waals surface area contributed by atoms with Crippen molar-refractivity contribution in [1.29, 1.82) is 0 Å². The van der Waals surface area contributed by atoms with E-state index < -0.39 is 9.84 Å². The average Bonchev–Trinajstić information content (AvgIpc) is 3.40. The Morgan fingerprint density at radius 2 is 2.03 bits per heavy atom. The van der Waals surface area contributed by atoms with Gasteiger partial charge < -0.3 is 4.90 Å². The van der Waals surface area contributed by atoms with Gasteiger partial charge in [0.15, 0.2) is 5.03 Å². The number of aryl methyl sites for hydroxylation is 1. The van der Waals surface area contributed by atoms with E-state index in [0.29, 0.717) is 11.7 Å². The number of likely N-dealkylation sites (tertiary alicyclic amines) is 1. The highest BCUT2D eigenvalue weighted by atomic mass is 32.2. The highest BCUT2D eigenvalue weighted by molar-refractivity contribution is 7.90. The Balaban J connectivity index is 1.44. The van der Waals surface area contributed by atoms with E-state index in [4.69, 9.17) is 0 Å². The Bertz CT molecular complexity index is 1090. The van der Waals surface area contributed by atoms with Crippen molar-refractivity contribution in [3.8, 4) is 0 Å². The van der Waals surface area contributed by atoms with E-state index in [1.54, 1.807) is 23.2 Å². The number of aromatic nitrogens is 2. The van der Waals surface area contributed by atoms with Crippen LogP contribution in [0, 0.1) is 6.92 Å². The van der Waals surface area contributed by atoms with Gasteiger partial charge in [-0.3, -0.25) is 4.90 Å². The standard InChI is InChI=1S/C22H26N4O2S2/c1-17-10-22(30(27,28)15-19-14-29-16-24-19)23-11-21(17)25(2)20-8-9-26(13-20)12-18-6-4-3-5-7-18/h3-7,10-11,14,16,20H,8-9,12-13,15H2,1-2H3/t20-/m0/s1. The van der Waals surface area contributed by atoms with Crippen LogP contribution in [0.25, 0.3) is 0 Å². The molecule has 6 nitrogen and oxygen atoms in total. The summed E-state index contributed by atoms with van der Waals surface area (Å²) in [7, 11) is -1.43. The number of anilines is 1. The first-order chi connectivity index (χ1) is 14.4. The smallest absolute Gasteiger partial charge is 0.201 e. The lowest BCUT2D eigenvalue weighted by Crippen LogP contribution is -2.35. The molecule has 1 saturated heterocycles. The van der Waals surface area contributed by atoms with Crippen molar-refractivity contribution < 1.29 is 8.42 Å². The summed E-state index contributed by atoms with van der Waals surface area (Å²) >= 11 is 1.39. The second kappa shape index (κ2) is 8.83. The first kappa shape index (κ1) is 21.0. The molecule has 158 valence electrons. The van der Waals surface area contributed by atoms with Gasteiger partial charge in [0.05, 0.1) is 28.8 Å². The molecule has 1 aliphatic heterocycles. The SMILES string of the molecule is Cc1cc(S(=O)(=O)Cc2cscn2)ncc1N(C)[C@H]1CCN(Cc2ccccc2)C1. The number of hydrogen-bond acceptors (Lipinski definition) is 7. The molecule has 4 rings (SSSR count). The van der Waals surface area contributed by atoms with Crippen molar-refractivity contribution in [1.82, 2.24) is 14.9 Å². The number of thiazole rings is 1. The predicted molar refractivity (Wildman–Crippen MR) is 121 cm³/mol. The zero-order valence-corrected chi connectivity index (χ0v) is 18.9. The average molecular weight is 443 g/mol. The van der Waals surface area contributed by atoms with E-state index in [-0.39, 0.29) is 10.8 Å². The molecule has 8 heteroatoms. The second-order valence-electron chi connectivity index (χ2n) is 7.82. The van der Waals surface area contributed by atoms with E-state index in [2.05, 4.69) is 51.1 Å². The van der Waals surface area contributed by atoms with Gasteiger partial charge in [-0.2, -0.15) is 0 Å². The van der Waals surface area contributed by atoms with Crippen LogP contribution >= 0.6 is 11.3 Å². The van der Waals surface area contributed by atoms with E-state index in [0.717, 1.165) is 37.3 Å². The number of sulfone groups is 1. The molecule has 3 heterocycles. The van der Waals surface area contributed by atoms with Crippen molar-refractivity contribution in [2.45, 2.75) is 36.7 Å². The van der Waals surface area contributed by atoms with Crippen LogP contribution in [0.2, 0.25) is 0 Å². The van der Waals surface area contributed by atoms with Crippen LogP contribution in [0.4, 0.5) is 5.69 Å². The van der Waals surface area contributed by atoms with Crippen LogP contribution in [0.1, 0.15) is 23.2 Å². The minimum absolute atomic E-state index is 0.113. The number of likely N-dealkylation sites (N-methyl/N-ethyl adjacent to an activating group) is 1.